The number of aromatic nitrogens is 1. The molecule has 1 fully saturated rings. The van der Waals surface area contributed by atoms with Crippen molar-refractivity contribution in [3.05, 3.63) is 66.0 Å². The summed E-state index contributed by atoms with van der Waals surface area (Å²) in [6.07, 6.45) is 1.82. The maximum Gasteiger partial charge on any atom is 0.240 e. The minimum absolute atomic E-state index is 0.151. The Balaban J connectivity index is 1.49. The van der Waals surface area contributed by atoms with Crippen LogP contribution in [0.3, 0.4) is 0 Å². The lowest BCUT2D eigenvalue weighted by molar-refractivity contribution is -0.131. The zero-order valence-electron chi connectivity index (χ0n) is 19.1. The number of amides is 1. The smallest absolute Gasteiger partial charge is 0.240 e. The number of benzene rings is 2. The molecule has 3 aromatic rings. The third kappa shape index (κ3) is 4.63. The average molecular weight is 486 g/mol. The number of carbonyl (C=O) groups excluding carboxylic acids is 1. The van der Waals surface area contributed by atoms with E-state index in [-0.39, 0.29) is 22.7 Å². The number of nitrogens with zero attached hydrogens (tertiary/aromatic N) is 1. The minimum atomic E-state index is -3.77. The van der Waals surface area contributed by atoms with Crippen molar-refractivity contribution in [2.24, 2.45) is 11.1 Å². The fraction of sp³-hybridized carbons (Fsp3) is 0.360. The Hall–Kier alpha value is -3.04. The van der Waals surface area contributed by atoms with E-state index in [9.17, 15) is 17.6 Å². The van der Waals surface area contributed by atoms with Crippen LogP contribution in [0.1, 0.15) is 44.1 Å². The molecule has 1 atom stereocenters. The first-order chi connectivity index (χ1) is 16.1. The fourth-order valence-electron chi connectivity index (χ4n) is 4.87. The van der Waals surface area contributed by atoms with Crippen molar-refractivity contribution in [2.45, 2.75) is 49.5 Å². The molecule has 0 saturated heterocycles. The first-order valence-corrected chi connectivity index (χ1v) is 12.7. The van der Waals surface area contributed by atoms with Crippen molar-refractivity contribution in [1.82, 2.24) is 9.71 Å². The largest absolute Gasteiger partial charge is 0.481 e. The Morgan fingerprint density at radius 3 is 2.44 bits per heavy atom. The Morgan fingerprint density at radius 2 is 1.82 bits per heavy atom. The van der Waals surface area contributed by atoms with Crippen molar-refractivity contribution in [3.8, 4) is 5.88 Å². The Morgan fingerprint density at radius 1 is 1.15 bits per heavy atom. The van der Waals surface area contributed by atoms with E-state index in [1.54, 1.807) is 36.4 Å². The summed E-state index contributed by atoms with van der Waals surface area (Å²) in [5.41, 5.74) is 6.50. The number of methoxy groups -OCH3 is 1. The van der Waals surface area contributed by atoms with Gasteiger partial charge in [0.05, 0.1) is 22.9 Å². The summed E-state index contributed by atoms with van der Waals surface area (Å²) in [6, 6.07) is 14.0. The molecule has 4 rings (SSSR count). The van der Waals surface area contributed by atoms with Gasteiger partial charge in [0, 0.05) is 17.5 Å². The highest BCUT2D eigenvalue weighted by Crippen LogP contribution is 2.47. The molecule has 1 amide bonds. The van der Waals surface area contributed by atoms with E-state index in [4.69, 9.17) is 10.5 Å². The van der Waals surface area contributed by atoms with Gasteiger partial charge in [0.2, 0.25) is 21.8 Å². The first-order valence-electron chi connectivity index (χ1n) is 11.2. The molecule has 34 heavy (non-hydrogen) atoms. The van der Waals surface area contributed by atoms with Gasteiger partial charge in [0.15, 0.2) is 0 Å². The van der Waals surface area contributed by atoms with Crippen LogP contribution in [0.25, 0.3) is 10.9 Å². The molecule has 0 radical (unpaired) electrons. The molecule has 180 valence electrons. The maximum absolute atomic E-state index is 13.3. The highest BCUT2D eigenvalue weighted by atomic mass is 32.2. The molecule has 2 aromatic carbocycles. The molecule has 0 bridgehead atoms. The van der Waals surface area contributed by atoms with E-state index < -0.39 is 21.3 Å². The Labute approximate surface area is 198 Å². The second-order valence-corrected chi connectivity index (χ2v) is 10.6. The molecule has 1 aliphatic rings. The second-order valence-electron chi connectivity index (χ2n) is 8.90. The number of nitrogens with two attached hydrogens (primary N) is 1. The molecule has 1 aliphatic carbocycles. The molecule has 9 heteroatoms. The Bertz CT molecular complexity index is 1300. The number of rotatable bonds is 7. The van der Waals surface area contributed by atoms with Crippen molar-refractivity contribution in [3.63, 3.8) is 0 Å². The predicted molar refractivity (Wildman–Crippen MR) is 127 cm³/mol. The highest BCUT2D eigenvalue weighted by Gasteiger charge is 2.45. The van der Waals surface area contributed by atoms with Crippen LogP contribution in [-0.4, -0.2) is 32.5 Å². The highest BCUT2D eigenvalue weighted by molar-refractivity contribution is 7.89. The number of halogens is 1. The second kappa shape index (κ2) is 9.31. The molecular weight excluding hydrogens is 457 g/mol. The lowest BCUT2D eigenvalue weighted by atomic mass is 9.63. The molecule has 0 spiro atoms. The van der Waals surface area contributed by atoms with Gasteiger partial charge in [-0.1, -0.05) is 19.1 Å². The number of pyridine rings is 1. The topological polar surface area (TPSA) is 111 Å². The van der Waals surface area contributed by atoms with Crippen molar-refractivity contribution in [1.29, 1.82) is 0 Å². The van der Waals surface area contributed by atoms with Crippen molar-refractivity contribution >= 4 is 26.8 Å². The quantitative estimate of drug-likeness (QED) is 0.528. The van der Waals surface area contributed by atoms with Crippen LogP contribution >= 0.6 is 0 Å². The van der Waals surface area contributed by atoms with Crippen molar-refractivity contribution < 1.29 is 22.3 Å². The summed E-state index contributed by atoms with van der Waals surface area (Å²) in [5.74, 6) is -0.515. The fourth-order valence-corrected chi connectivity index (χ4v) is 6.21. The number of hydrogen-bond donors (Lipinski definition) is 2. The SMILES string of the molecule is COc1ccc2cc(S(=O)(=O)NC3CCC(C(N)=O)([C@H](C)c4ccc(F)cc4)CC3)ccc2n1. The van der Waals surface area contributed by atoms with Gasteiger partial charge in [0.25, 0.3) is 0 Å². The molecule has 1 heterocycles. The van der Waals surface area contributed by atoms with E-state index in [0.29, 0.717) is 42.5 Å². The van der Waals surface area contributed by atoms with Crippen LogP contribution < -0.4 is 15.2 Å². The lowest BCUT2D eigenvalue weighted by Gasteiger charge is -2.42. The predicted octanol–water partition coefficient (Wildman–Crippen LogP) is 3.88. The number of carbonyl (C=O) groups is 1. The molecule has 3 N–H and O–H groups in total. The number of nitrogens with one attached hydrogen (secondary N) is 1. The summed E-state index contributed by atoms with van der Waals surface area (Å²) in [7, 11) is -2.25. The summed E-state index contributed by atoms with van der Waals surface area (Å²) in [6.45, 7) is 1.92. The van der Waals surface area contributed by atoms with Crippen LogP contribution in [0.2, 0.25) is 0 Å². The number of fused-ring (bicyclic) bond motifs is 1. The molecule has 1 aromatic heterocycles. The van der Waals surface area contributed by atoms with E-state index in [0.717, 1.165) is 5.56 Å². The summed E-state index contributed by atoms with van der Waals surface area (Å²) in [4.78, 5) is 17.0. The van der Waals surface area contributed by atoms with Crippen LogP contribution in [-0.2, 0) is 14.8 Å². The van der Waals surface area contributed by atoms with Gasteiger partial charge < -0.3 is 10.5 Å². The normalized spacial score (nSPS) is 21.8. The van der Waals surface area contributed by atoms with E-state index in [1.165, 1.54) is 25.3 Å². The molecule has 0 unspecified atom stereocenters. The lowest BCUT2D eigenvalue weighted by Crippen LogP contribution is -2.48. The van der Waals surface area contributed by atoms with Gasteiger partial charge in [-0.25, -0.2) is 22.5 Å². The molecular formula is C25H28FN3O4S. The third-order valence-corrected chi connectivity index (χ3v) is 8.56. The summed E-state index contributed by atoms with van der Waals surface area (Å²) < 4.78 is 47.4. The van der Waals surface area contributed by atoms with Crippen molar-refractivity contribution in [2.75, 3.05) is 7.11 Å². The van der Waals surface area contributed by atoms with E-state index in [2.05, 4.69) is 9.71 Å². The zero-order valence-corrected chi connectivity index (χ0v) is 19.9. The monoisotopic (exact) mass is 485 g/mol. The van der Waals surface area contributed by atoms with E-state index in [1.807, 2.05) is 6.92 Å². The number of ether oxygens (including phenoxy) is 1. The summed E-state index contributed by atoms with van der Waals surface area (Å²) in [5, 5.41) is 0.688. The Kier molecular flexibility index (Phi) is 6.60. The third-order valence-electron chi connectivity index (χ3n) is 7.04. The molecule has 7 nitrogen and oxygen atoms in total. The average Bonchev–Trinajstić information content (AvgIpc) is 2.83. The number of primary amides is 1. The van der Waals surface area contributed by atoms with E-state index >= 15 is 0 Å². The maximum atomic E-state index is 13.3. The van der Waals surface area contributed by atoms with Gasteiger partial charge in [0.1, 0.15) is 5.82 Å². The molecule has 1 saturated carbocycles. The van der Waals surface area contributed by atoms with Gasteiger partial charge in [-0.2, -0.15) is 0 Å². The van der Waals surface area contributed by atoms with Crippen LogP contribution in [0.5, 0.6) is 5.88 Å². The zero-order chi connectivity index (χ0) is 24.5. The number of hydrogen-bond acceptors (Lipinski definition) is 5. The van der Waals surface area contributed by atoms with Gasteiger partial charge in [-0.15, -0.1) is 0 Å². The van der Waals surface area contributed by atoms with Gasteiger partial charge >= 0.3 is 0 Å². The van der Waals surface area contributed by atoms with Crippen LogP contribution in [0.15, 0.2) is 59.5 Å². The first kappa shape index (κ1) is 24.1. The van der Waals surface area contributed by atoms with Gasteiger partial charge in [-0.3, -0.25) is 4.79 Å². The molecule has 0 aliphatic heterocycles. The standard InChI is InChI=1S/C25H28FN3O4S/c1-16(17-3-6-19(26)7-4-17)25(24(27)30)13-11-20(12-14-25)29-34(31,32)21-8-9-22-18(15-21)5-10-23(28-22)33-2/h3-10,15-16,20,29H,11-14H2,1-2H3,(H2,27,30)/t16-,20?,25?/m1/s1. The van der Waals surface area contributed by atoms with Crippen LogP contribution in [0, 0.1) is 11.2 Å². The minimum Gasteiger partial charge on any atom is -0.481 e. The van der Waals surface area contributed by atoms with Crippen LogP contribution in [0.4, 0.5) is 4.39 Å². The van der Waals surface area contributed by atoms with Gasteiger partial charge in [-0.05, 0) is 73.6 Å². The number of sulfonamides is 1. The summed E-state index contributed by atoms with van der Waals surface area (Å²) >= 11 is 0.